The summed E-state index contributed by atoms with van der Waals surface area (Å²) in [6.07, 6.45) is 0. The van der Waals surface area contributed by atoms with Crippen molar-refractivity contribution in [2.24, 2.45) is 0 Å². The maximum absolute atomic E-state index is 3.48. The molecular weight excluding hydrogens is 212 g/mol. The maximum atomic E-state index is 3.48. The largest absolute Gasteiger partial charge is 0.313 e. The SMILES string of the molecule is CC(C)NCCN(CCN(C)C)CCN(C)C. The molecule has 0 rings (SSSR count). The Kier molecular flexibility index (Phi) is 9.74. The highest BCUT2D eigenvalue weighted by atomic mass is 15.2. The highest BCUT2D eigenvalue weighted by molar-refractivity contribution is 4.64. The summed E-state index contributed by atoms with van der Waals surface area (Å²) in [5.41, 5.74) is 0. The number of rotatable bonds is 10. The van der Waals surface area contributed by atoms with Gasteiger partial charge in [-0.25, -0.2) is 0 Å². The molecule has 0 aliphatic rings. The van der Waals surface area contributed by atoms with Gasteiger partial charge in [-0.3, -0.25) is 4.90 Å². The Morgan fingerprint density at radius 2 is 1.24 bits per heavy atom. The third-order valence-electron chi connectivity index (χ3n) is 2.71. The molecule has 4 heteroatoms. The smallest absolute Gasteiger partial charge is 0.0110 e. The van der Waals surface area contributed by atoms with Gasteiger partial charge < -0.3 is 15.1 Å². The molecule has 4 nitrogen and oxygen atoms in total. The number of hydrogen-bond acceptors (Lipinski definition) is 4. The van der Waals surface area contributed by atoms with Crippen LogP contribution in [0, 0.1) is 0 Å². The van der Waals surface area contributed by atoms with E-state index in [9.17, 15) is 0 Å². The van der Waals surface area contributed by atoms with E-state index in [-0.39, 0.29) is 0 Å². The fourth-order valence-corrected chi connectivity index (χ4v) is 1.53. The second-order valence-electron chi connectivity index (χ2n) is 5.56. The van der Waals surface area contributed by atoms with E-state index in [1.165, 1.54) is 0 Å². The number of nitrogens with one attached hydrogen (secondary N) is 1. The van der Waals surface area contributed by atoms with E-state index in [2.05, 4.69) is 62.1 Å². The standard InChI is InChI=1S/C13H32N4/c1-13(2)14-7-8-17(11-9-15(3)4)12-10-16(5)6/h13-14H,7-12H2,1-6H3. The van der Waals surface area contributed by atoms with Gasteiger partial charge in [-0.05, 0) is 28.2 Å². The molecule has 0 aromatic rings. The van der Waals surface area contributed by atoms with Crippen molar-refractivity contribution < 1.29 is 0 Å². The Bertz CT molecular complexity index is 157. The number of hydrogen-bond donors (Lipinski definition) is 1. The zero-order chi connectivity index (χ0) is 13.3. The van der Waals surface area contributed by atoms with Crippen molar-refractivity contribution in [1.82, 2.24) is 20.0 Å². The third-order valence-corrected chi connectivity index (χ3v) is 2.71. The van der Waals surface area contributed by atoms with Crippen LogP contribution in [0.25, 0.3) is 0 Å². The molecule has 0 bridgehead atoms. The molecule has 0 saturated heterocycles. The van der Waals surface area contributed by atoms with Crippen molar-refractivity contribution in [2.75, 3.05) is 67.5 Å². The summed E-state index contributed by atoms with van der Waals surface area (Å²) in [5, 5.41) is 3.48. The molecule has 1 N–H and O–H groups in total. The van der Waals surface area contributed by atoms with Gasteiger partial charge in [-0.15, -0.1) is 0 Å². The molecule has 0 atom stereocenters. The monoisotopic (exact) mass is 244 g/mol. The van der Waals surface area contributed by atoms with E-state index in [1.54, 1.807) is 0 Å². The number of likely N-dealkylation sites (N-methyl/N-ethyl adjacent to an activating group) is 2. The van der Waals surface area contributed by atoms with Crippen LogP contribution in [0.4, 0.5) is 0 Å². The van der Waals surface area contributed by atoms with E-state index in [1.807, 2.05) is 0 Å². The van der Waals surface area contributed by atoms with E-state index >= 15 is 0 Å². The first-order valence-corrected chi connectivity index (χ1v) is 6.67. The fraction of sp³-hybridized carbons (Fsp3) is 1.00. The lowest BCUT2D eigenvalue weighted by Gasteiger charge is -2.26. The lowest BCUT2D eigenvalue weighted by molar-refractivity contribution is 0.217. The summed E-state index contributed by atoms with van der Waals surface area (Å²) < 4.78 is 0. The Balaban J connectivity index is 3.84. The topological polar surface area (TPSA) is 21.8 Å². The number of nitrogens with zero attached hydrogens (tertiary/aromatic N) is 3. The lowest BCUT2D eigenvalue weighted by Crippen LogP contribution is -2.41. The third kappa shape index (κ3) is 12.1. The summed E-state index contributed by atoms with van der Waals surface area (Å²) >= 11 is 0. The van der Waals surface area contributed by atoms with Crippen LogP contribution < -0.4 is 5.32 Å². The van der Waals surface area contributed by atoms with E-state index < -0.39 is 0 Å². The van der Waals surface area contributed by atoms with Crippen molar-refractivity contribution in [3.63, 3.8) is 0 Å². The van der Waals surface area contributed by atoms with Crippen LogP contribution in [0.1, 0.15) is 13.8 Å². The maximum Gasteiger partial charge on any atom is 0.0110 e. The molecular formula is C13H32N4. The molecule has 0 aliphatic heterocycles. The molecule has 17 heavy (non-hydrogen) atoms. The normalized spacial score (nSPS) is 12.4. The second-order valence-corrected chi connectivity index (χ2v) is 5.56. The summed E-state index contributed by atoms with van der Waals surface area (Å²) in [6, 6.07) is 0.583. The quantitative estimate of drug-likeness (QED) is 0.601. The molecule has 0 saturated carbocycles. The van der Waals surface area contributed by atoms with Crippen LogP contribution in [0.3, 0.4) is 0 Å². The molecule has 0 aromatic carbocycles. The van der Waals surface area contributed by atoms with Crippen LogP contribution >= 0.6 is 0 Å². The van der Waals surface area contributed by atoms with Crippen molar-refractivity contribution >= 4 is 0 Å². The first kappa shape index (κ1) is 16.8. The average Bonchev–Trinajstić information content (AvgIpc) is 2.20. The molecule has 104 valence electrons. The van der Waals surface area contributed by atoms with Gasteiger partial charge in [0.25, 0.3) is 0 Å². The molecule has 0 radical (unpaired) electrons. The lowest BCUT2D eigenvalue weighted by atomic mass is 10.3. The Morgan fingerprint density at radius 3 is 1.59 bits per heavy atom. The van der Waals surface area contributed by atoms with Crippen LogP contribution in [-0.2, 0) is 0 Å². The van der Waals surface area contributed by atoms with E-state index in [0.717, 1.165) is 39.3 Å². The summed E-state index contributed by atoms with van der Waals surface area (Å²) in [7, 11) is 8.54. The zero-order valence-corrected chi connectivity index (χ0v) is 12.7. The Hall–Kier alpha value is -0.160. The zero-order valence-electron chi connectivity index (χ0n) is 12.7. The van der Waals surface area contributed by atoms with Crippen LogP contribution in [0.2, 0.25) is 0 Å². The van der Waals surface area contributed by atoms with Crippen molar-refractivity contribution in [1.29, 1.82) is 0 Å². The van der Waals surface area contributed by atoms with Gasteiger partial charge in [0, 0.05) is 45.3 Å². The predicted octanol–water partition coefficient (Wildman–Crippen LogP) is 0.410. The molecule has 0 unspecified atom stereocenters. The van der Waals surface area contributed by atoms with Crippen LogP contribution in [0.5, 0.6) is 0 Å². The van der Waals surface area contributed by atoms with Gasteiger partial charge in [0.15, 0.2) is 0 Å². The summed E-state index contributed by atoms with van der Waals surface area (Å²) in [4.78, 5) is 7.03. The van der Waals surface area contributed by atoms with Crippen molar-refractivity contribution in [3.05, 3.63) is 0 Å². The fourth-order valence-electron chi connectivity index (χ4n) is 1.53. The van der Waals surface area contributed by atoms with Crippen molar-refractivity contribution in [3.8, 4) is 0 Å². The summed E-state index contributed by atoms with van der Waals surface area (Å²) in [6.45, 7) is 11.2. The molecule has 0 aliphatic carbocycles. The Labute approximate surface area is 108 Å². The van der Waals surface area contributed by atoms with Gasteiger partial charge in [0.1, 0.15) is 0 Å². The molecule has 0 spiro atoms. The summed E-state index contributed by atoms with van der Waals surface area (Å²) in [5.74, 6) is 0. The van der Waals surface area contributed by atoms with E-state index in [0.29, 0.717) is 6.04 Å². The average molecular weight is 244 g/mol. The van der Waals surface area contributed by atoms with Crippen LogP contribution in [-0.4, -0.2) is 88.2 Å². The van der Waals surface area contributed by atoms with Gasteiger partial charge in [0.05, 0.1) is 0 Å². The van der Waals surface area contributed by atoms with Crippen LogP contribution in [0.15, 0.2) is 0 Å². The van der Waals surface area contributed by atoms with Gasteiger partial charge in [-0.1, -0.05) is 13.8 Å². The Morgan fingerprint density at radius 1 is 0.765 bits per heavy atom. The molecule has 0 fully saturated rings. The minimum atomic E-state index is 0.583. The highest BCUT2D eigenvalue weighted by Crippen LogP contribution is 1.90. The molecule has 0 aromatic heterocycles. The van der Waals surface area contributed by atoms with Gasteiger partial charge in [-0.2, -0.15) is 0 Å². The van der Waals surface area contributed by atoms with Gasteiger partial charge in [0.2, 0.25) is 0 Å². The molecule has 0 heterocycles. The second kappa shape index (κ2) is 9.83. The minimum Gasteiger partial charge on any atom is -0.313 e. The predicted molar refractivity (Wildman–Crippen MR) is 76.7 cm³/mol. The highest BCUT2D eigenvalue weighted by Gasteiger charge is 2.06. The van der Waals surface area contributed by atoms with E-state index in [4.69, 9.17) is 0 Å². The first-order valence-electron chi connectivity index (χ1n) is 6.67. The van der Waals surface area contributed by atoms with Gasteiger partial charge >= 0.3 is 0 Å². The molecule has 0 amide bonds. The first-order chi connectivity index (χ1) is 7.91. The van der Waals surface area contributed by atoms with Crippen molar-refractivity contribution in [2.45, 2.75) is 19.9 Å². The minimum absolute atomic E-state index is 0.583.